The van der Waals surface area contributed by atoms with Gasteiger partial charge < -0.3 is 4.74 Å². The molecule has 1 heterocycles. The largest absolute Gasteiger partial charge is 0.430 e. The van der Waals surface area contributed by atoms with Crippen LogP contribution in [0.15, 0.2) is 48.5 Å². The second-order valence-corrected chi connectivity index (χ2v) is 6.05. The van der Waals surface area contributed by atoms with Gasteiger partial charge in [0.25, 0.3) is 0 Å². The maximum atomic E-state index is 13.7. The third kappa shape index (κ3) is 3.41. The van der Waals surface area contributed by atoms with Crippen LogP contribution in [-0.2, 0) is 4.74 Å². The molecule has 0 radical (unpaired) electrons. The highest BCUT2D eigenvalue weighted by Gasteiger charge is 2.27. The van der Waals surface area contributed by atoms with Crippen LogP contribution in [0.2, 0.25) is 0 Å². The van der Waals surface area contributed by atoms with E-state index in [1.54, 1.807) is 13.1 Å². The summed E-state index contributed by atoms with van der Waals surface area (Å²) in [7, 11) is 3.59. The van der Waals surface area contributed by atoms with Crippen molar-refractivity contribution < 1.29 is 13.9 Å². The molecule has 4 nitrogen and oxygen atoms in total. The lowest BCUT2D eigenvalue weighted by Crippen LogP contribution is -2.36. The van der Waals surface area contributed by atoms with Gasteiger partial charge in [-0.15, -0.1) is 0 Å². The van der Waals surface area contributed by atoms with Crippen LogP contribution < -0.4 is 4.90 Å². The molecule has 24 heavy (non-hydrogen) atoms. The summed E-state index contributed by atoms with van der Waals surface area (Å²) in [6.45, 7) is 0.924. The molecule has 1 saturated heterocycles. The molecule has 0 unspecified atom stereocenters. The Morgan fingerprint density at radius 2 is 2.00 bits per heavy atom. The molecule has 0 N–H and O–H groups in total. The van der Waals surface area contributed by atoms with Crippen LogP contribution in [0.25, 0.3) is 11.1 Å². The van der Waals surface area contributed by atoms with Crippen molar-refractivity contribution in [2.45, 2.75) is 19.1 Å². The number of hydrogen-bond donors (Lipinski definition) is 0. The van der Waals surface area contributed by atoms with Gasteiger partial charge >= 0.3 is 6.09 Å². The number of hydrogen-bond acceptors (Lipinski definition) is 3. The van der Waals surface area contributed by atoms with Crippen molar-refractivity contribution >= 4 is 11.8 Å². The zero-order chi connectivity index (χ0) is 17.1. The third-order valence-electron chi connectivity index (χ3n) is 4.37. The van der Waals surface area contributed by atoms with E-state index in [2.05, 4.69) is 0 Å². The number of carbonyl (C=O) groups excluding carboxylic acids is 1. The first kappa shape index (κ1) is 16.5. The van der Waals surface area contributed by atoms with E-state index >= 15 is 0 Å². The Labute approximate surface area is 141 Å². The Morgan fingerprint density at radius 1 is 1.25 bits per heavy atom. The van der Waals surface area contributed by atoms with Crippen LogP contribution in [0.4, 0.5) is 14.9 Å². The van der Waals surface area contributed by atoms with Gasteiger partial charge in [-0.1, -0.05) is 30.3 Å². The van der Waals surface area contributed by atoms with Crippen LogP contribution in [0.5, 0.6) is 0 Å². The molecule has 0 spiro atoms. The standard InChI is InChI=1S/C19H21FN2O2/c1-21-12-6-9-18(21)24-19(23)22(2)17-11-10-15(20)13-16(17)14-7-4-3-5-8-14/h3-5,7-8,10-11,13,18H,6,9,12H2,1-2H3/t18-/m0/s1. The van der Waals surface area contributed by atoms with E-state index in [-0.39, 0.29) is 12.0 Å². The molecule has 5 heteroatoms. The van der Waals surface area contributed by atoms with E-state index in [0.29, 0.717) is 11.3 Å². The van der Waals surface area contributed by atoms with E-state index in [1.807, 2.05) is 42.3 Å². The Balaban J connectivity index is 1.87. The van der Waals surface area contributed by atoms with Crippen LogP contribution in [0.3, 0.4) is 0 Å². The highest BCUT2D eigenvalue weighted by atomic mass is 19.1. The van der Waals surface area contributed by atoms with Gasteiger partial charge in [-0.2, -0.15) is 0 Å². The smallest absolute Gasteiger partial charge is 0.415 e. The molecule has 1 fully saturated rings. The van der Waals surface area contributed by atoms with Crippen LogP contribution >= 0.6 is 0 Å². The van der Waals surface area contributed by atoms with E-state index in [1.165, 1.54) is 17.0 Å². The lowest BCUT2D eigenvalue weighted by atomic mass is 10.0. The summed E-state index contributed by atoms with van der Waals surface area (Å²) in [5.41, 5.74) is 2.13. The first-order chi connectivity index (χ1) is 11.6. The number of benzene rings is 2. The fourth-order valence-electron chi connectivity index (χ4n) is 2.97. The van der Waals surface area contributed by atoms with Crippen LogP contribution in [0.1, 0.15) is 12.8 Å². The fourth-order valence-corrected chi connectivity index (χ4v) is 2.97. The van der Waals surface area contributed by atoms with Crippen molar-refractivity contribution in [3.05, 3.63) is 54.3 Å². The minimum atomic E-state index is -0.433. The lowest BCUT2D eigenvalue weighted by molar-refractivity contribution is 0.0315. The van der Waals surface area contributed by atoms with E-state index in [4.69, 9.17) is 4.74 Å². The van der Waals surface area contributed by atoms with Crippen molar-refractivity contribution in [3.63, 3.8) is 0 Å². The third-order valence-corrected chi connectivity index (χ3v) is 4.37. The second-order valence-electron chi connectivity index (χ2n) is 6.05. The SMILES string of the molecule is CN(C(=O)O[C@H]1CCCN1C)c1ccc(F)cc1-c1ccccc1. The van der Waals surface area contributed by atoms with Crippen molar-refractivity contribution in [1.29, 1.82) is 0 Å². The maximum absolute atomic E-state index is 13.7. The van der Waals surface area contributed by atoms with Gasteiger partial charge in [0, 0.05) is 19.2 Å². The van der Waals surface area contributed by atoms with Crippen molar-refractivity contribution in [3.8, 4) is 11.1 Å². The Hall–Kier alpha value is -2.40. The van der Waals surface area contributed by atoms with Gasteiger partial charge in [-0.3, -0.25) is 9.80 Å². The van der Waals surface area contributed by atoms with Gasteiger partial charge in [-0.05, 0) is 43.7 Å². The minimum Gasteiger partial charge on any atom is -0.430 e. The van der Waals surface area contributed by atoms with Crippen molar-refractivity contribution in [1.82, 2.24) is 4.90 Å². The van der Waals surface area contributed by atoms with Gasteiger partial charge in [0.1, 0.15) is 5.82 Å². The van der Waals surface area contributed by atoms with E-state index in [0.717, 1.165) is 24.9 Å². The van der Waals surface area contributed by atoms with Crippen molar-refractivity contribution in [2.24, 2.45) is 0 Å². The average Bonchev–Trinajstić information content (AvgIpc) is 3.00. The topological polar surface area (TPSA) is 32.8 Å². The summed E-state index contributed by atoms with van der Waals surface area (Å²) in [5.74, 6) is -0.338. The summed E-state index contributed by atoms with van der Waals surface area (Å²) in [6, 6.07) is 13.9. The summed E-state index contributed by atoms with van der Waals surface area (Å²) in [6.07, 6.45) is 1.23. The van der Waals surface area contributed by atoms with Gasteiger partial charge in [-0.25, -0.2) is 9.18 Å². The molecule has 1 aliphatic rings. The molecule has 2 aromatic carbocycles. The second kappa shape index (κ2) is 7.01. The number of anilines is 1. The fraction of sp³-hybridized carbons (Fsp3) is 0.316. The summed E-state index contributed by atoms with van der Waals surface area (Å²) in [5, 5.41) is 0. The number of ether oxygens (including phenoxy) is 1. The number of rotatable bonds is 3. The van der Waals surface area contributed by atoms with E-state index in [9.17, 15) is 9.18 Å². The molecule has 2 aromatic rings. The number of carbonyl (C=O) groups is 1. The predicted octanol–water partition coefficient (Wildman–Crippen LogP) is 4.12. The highest BCUT2D eigenvalue weighted by molar-refractivity contribution is 5.93. The molecule has 1 aliphatic heterocycles. The Bertz CT molecular complexity index is 721. The highest BCUT2D eigenvalue weighted by Crippen LogP contribution is 2.31. The Kier molecular flexibility index (Phi) is 4.81. The summed E-state index contributed by atoms with van der Waals surface area (Å²) >= 11 is 0. The zero-order valence-corrected chi connectivity index (χ0v) is 13.9. The van der Waals surface area contributed by atoms with Crippen LogP contribution in [-0.4, -0.2) is 37.9 Å². The molecule has 0 bridgehead atoms. The molecule has 0 saturated carbocycles. The monoisotopic (exact) mass is 328 g/mol. The Morgan fingerprint density at radius 3 is 2.67 bits per heavy atom. The lowest BCUT2D eigenvalue weighted by Gasteiger charge is -2.25. The van der Waals surface area contributed by atoms with Gasteiger partial charge in [0.15, 0.2) is 6.23 Å². The van der Waals surface area contributed by atoms with Gasteiger partial charge in [0.2, 0.25) is 0 Å². The normalized spacial score (nSPS) is 17.7. The minimum absolute atomic E-state index is 0.194. The quantitative estimate of drug-likeness (QED) is 0.850. The maximum Gasteiger partial charge on any atom is 0.415 e. The van der Waals surface area contributed by atoms with Gasteiger partial charge in [0.05, 0.1) is 5.69 Å². The molecule has 1 atom stereocenters. The predicted molar refractivity (Wildman–Crippen MR) is 92.4 cm³/mol. The zero-order valence-electron chi connectivity index (χ0n) is 13.9. The molecule has 0 aromatic heterocycles. The van der Waals surface area contributed by atoms with E-state index < -0.39 is 6.09 Å². The first-order valence-corrected chi connectivity index (χ1v) is 8.06. The molecular formula is C19H21FN2O2. The molecular weight excluding hydrogens is 307 g/mol. The molecule has 126 valence electrons. The van der Waals surface area contributed by atoms with Crippen molar-refractivity contribution in [2.75, 3.05) is 25.5 Å². The number of likely N-dealkylation sites (tertiary alicyclic amines) is 1. The number of halogens is 1. The summed E-state index contributed by atoms with van der Waals surface area (Å²) in [4.78, 5) is 16.0. The summed E-state index contributed by atoms with van der Waals surface area (Å²) < 4.78 is 19.3. The average molecular weight is 328 g/mol. The molecule has 0 aliphatic carbocycles. The number of amides is 1. The molecule has 1 amide bonds. The van der Waals surface area contributed by atoms with Crippen LogP contribution in [0, 0.1) is 5.82 Å². The molecule has 3 rings (SSSR count). The first-order valence-electron chi connectivity index (χ1n) is 8.06. The number of nitrogens with zero attached hydrogens (tertiary/aromatic N) is 2.